The fourth-order valence-corrected chi connectivity index (χ4v) is 1.05. The summed E-state index contributed by atoms with van der Waals surface area (Å²) in [5.41, 5.74) is 6.47. The molecule has 1 rings (SSSR count). The van der Waals surface area contributed by atoms with Crippen LogP contribution in [0.25, 0.3) is 0 Å². The number of rotatable bonds is 4. The van der Waals surface area contributed by atoms with E-state index in [1.54, 1.807) is 6.07 Å². The molecule has 5 heteroatoms. The fraction of sp³-hybridized carbons (Fsp3) is 0.400. The van der Waals surface area contributed by atoms with Crippen molar-refractivity contribution in [2.75, 3.05) is 24.2 Å². The lowest BCUT2D eigenvalue weighted by molar-refractivity contribution is 0.244. The van der Waals surface area contributed by atoms with Gasteiger partial charge in [-0.05, 0) is 12.0 Å². The highest BCUT2D eigenvalue weighted by Gasteiger charge is 2.06. The van der Waals surface area contributed by atoms with E-state index in [-0.39, 0.29) is 12.5 Å². The lowest BCUT2D eigenvalue weighted by atomic mass is 10.2. The molecule has 0 amide bonds. The maximum absolute atomic E-state index is 8.84. The molecule has 0 bridgehead atoms. The van der Waals surface area contributed by atoms with Crippen molar-refractivity contribution in [3.8, 4) is 6.07 Å². The van der Waals surface area contributed by atoms with Crippen molar-refractivity contribution in [2.24, 2.45) is 5.92 Å². The van der Waals surface area contributed by atoms with E-state index < -0.39 is 0 Å². The van der Waals surface area contributed by atoms with Crippen LogP contribution in [0.2, 0.25) is 0 Å². The van der Waals surface area contributed by atoms with Crippen LogP contribution < -0.4 is 11.1 Å². The monoisotopic (exact) mass is 206 g/mol. The van der Waals surface area contributed by atoms with Gasteiger partial charge in [-0.15, -0.1) is 0 Å². The summed E-state index contributed by atoms with van der Waals surface area (Å²) in [5, 5.41) is 20.6. The number of anilines is 2. The van der Waals surface area contributed by atoms with Gasteiger partial charge in [-0.3, -0.25) is 0 Å². The van der Waals surface area contributed by atoms with Crippen molar-refractivity contribution < 1.29 is 5.11 Å². The van der Waals surface area contributed by atoms with E-state index >= 15 is 0 Å². The maximum atomic E-state index is 8.84. The molecule has 1 aromatic heterocycles. The summed E-state index contributed by atoms with van der Waals surface area (Å²) >= 11 is 0. The molecule has 4 N–H and O–H groups in total. The van der Waals surface area contributed by atoms with Crippen molar-refractivity contribution >= 4 is 11.5 Å². The van der Waals surface area contributed by atoms with Gasteiger partial charge in [0.1, 0.15) is 6.07 Å². The van der Waals surface area contributed by atoms with Crippen LogP contribution in [0.15, 0.2) is 12.3 Å². The standard InChI is InChI=1S/C10H14N4O/c1-7(6-15)5-14-10-9(12)8(4-11)2-3-13-10/h2-3,7,15H,5-6,12H2,1H3,(H,13,14). The summed E-state index contributed by atoms with van der Waals surface area (Å²) in [7, 11) is 0. The highest BCUT2D eigenvalue weighted by molar-refractivity contribution is 5.68. The Hall–Kier alpha value is -1.80. The summed E-state index contributed by atoms with van der Waals surface area (Å²) in [6.45, 7) is 2.57. The molecule has 0 spiro atoms. The molecule has 0 saturated heterocycles. The summed E-state index contributed by atoms with van der Waals surface area (Å²) < 4.78 is 0. The zero-order valence-electron chi connectivity index (χ0n) is 8.57. The van der Waals surface area contributed by atoms with Crippen molar-refractivity contribution in [1.82, 2.24) is 4.98 Å². The molecule has 0 fully saturated rings. The zero-order valence-corrected chi connectivity index (χ0v) is 8.57. The van der Waals surface area contributed by atoms with Crippen molar-refractivity contribution in [3.05, 3.63) is 17.8 Å². The van der Waals surface area contributed by atoms with E-state index in [4.69, 9.17) is 16.1 Å². The Morgan fingerprint density at radius 2 is 2.47 bits per heavy atom. The molecule has 5 nitrogen and oxygen atoms in total. The Labute approximate surface area is 88.6 Å². The summed E-state index contributed by atoms with van der Waals surface area (Å²) in [6, 6.07) is 3.55. The molecule has 0 radical (unpaired) electrons. The van der Waals surface area contributed by atoms with Gasteiger partial charge in [0.05, 0.1) is 11.3 Å². The Morgan fingerprint density at radius 1 is 1.73 bits per heavy atom. The van der Waals surface area contributed by atoms with Crippen molar-refractivity contribution in [3.63, 3.8) is 0 Å². The maximum Gasteiger partial charge on any atom is 0.150 e. The lowest BCUT2D eigenvalue weighted by Gasteiger charge is -2.12. The van der Waals surface area contributed by atoms with E-state index in [1.165, 1.54) is 6.20 Å². The summed E-state index contributed by atoms with van der Waals surface area (Å²) in [6.07, 6.45) is 1.53. The third kappa shape index (κ3) is 2.82. The number of pyridine rings is 1. The Bertz CT molecular complexity index is 372. The minimum Gasteiger partial charge on any atom is -0.396 e. The van der Waals surface area contributed by atoms with E-state index in [0.29, 0.717) is 23.6 Å². The number of aliphatic hydroxyl groups is 1. The normalized spacial score (nSPS) is 11.8. The molecular formula is C10H14N4O. The number of nitrogens with one attached hydrogen (secondary N) is 1. The Kier molecular flexibility index (Phi) is 3.89. The van der Waals surface area contributed by atoms with Gasteiger partial charge in [0, 0.05) is 19.3 Å². The van der Waals surface area contributed by atoms with Gasteiger partial charge in [0.25, 0.3) is 0 Å². The third-order valence-electron chi connectivity index (χ3n) is 2.04. The average Bonchev–Trinajstić information content (AvgIpc) is 2.27. The van der Waals surface area contributed by atoms with Gasteiger partial charge in [-0.25, -0.2) is 4.98 Å². The van der Waals surface area contributed by atoms with Crippen molar-refractivity contribution in [1.29, 1.82) is 5.26 Å². The van der Waals surface area contributed by atoms with Crippen LogP contribution in [-0.2, 0) is 0 Å². The second kappa shape index (κ2) is 5.17. The first-order chi connectivity index (χ1) is 7.19. The predicted octanol–water partition coefficient (Wildman–Crippen LogP) is 0.576. The van der Waals surface area contributed by atoms with Gasteiger partial charge >= 0.3 is 0 Å². The molecule has 1 aromatic rings. The molecule has 1 heterocycles. The topological polar surface area (TPSA) is 95.0 Å². The van der Waals surface area contributed by atoms with Crippen LogP contribution in [0.4, 0.5) is 11.5 Å². The number of nitrogen functional groups attached to an aromatic ring is 1. The highest BCUT2D eigenvalue weighted by atomic mass is 16.3. The van der Waals surface area contributed by atoms with Gasteiger partial charge in [-0.2, -0.15) is 5.26 Å². The number of nitrogens with zero attached hydrogens (tertiary/aromatic N) is 2. The molecule has 0 aliphatic carbocycles. The molecular weight excluding hydrogens is 192 g/mol. The number of aromatic nitrogens is 1. The smallest absolute Gasteiger partial charge is 0.150 e. The molecule has 1 atom stereocenters. The first-order valence-corrected chi connectivity index (χ1v) is 4.68. The number of hydrogen-bond acceptors (Lipinski definition) is 5. The van der Waals surface area contributed by atoms with E-state index in [0.717, 1.165) is 0 Å². The lowest BCUT2D eigenvalue weighted by Crippen LogP contribution is -2.16. The van der Waals surface area contributed by atoms with Crippen LogP contribution in [0.1, 0.15) is 12.5 Å². The Morgan fingerprint density at radius 3 is 3.07 bits per heavy atom. The zero-order chi connectivity index (χ0) is 11.3. The largest absolute Gasteiger partial charge is 0.396 e. The van der Waals surface area contributed by atoms with Gasteiger partial charge < -0.3 is 16.2 Å². The van der Waals surface area contributed by atoms with Crippen LogP contribution in [0.3, 0.4) is 0 Å². The molecule has 1 unspecified atom stereocenters. The number of nitrogens with two attached hydrogens (primary N) is 1. The molecule has 80 valence electrons. The minimum absolute atomic E-state index is 0.102. The number of aliphatic hydroxyl groups excluding tert-OH is 1. The van der Waals surface area contributed by atoms with Crippen LogP contribution in [0, 0.1) is 17.2 Å². The second-order valence-corrected chi connectivity index (χ2v) is 3.40. The van der Waals surface area contributed by atoms with Gasteiger partial charge in [0.15, 0.2) is 5.82 Å². The van der Waals surface area contributed by atoms with Gasteiger partial charge in [0.2, 0.25) is 0 Å². The van der Waals surface area contributed by atoms with E-state index in [1.807, 2.05) is 13.0 Å². The SMILES string of the molecule is CC(CO)CNc1nccc(C#N)c1N. The second-order valence-electron chi connectivity index (χ2n) is 3.40. The fourth-order valence-electron chi connectivity index (χ4n) is 1.05. The quantitative estimate of drug-likeness (QED) is 0.669. The molecule has 0 aliphatic rings. The predicted molar refractivity (Wildman–Crippen MR) is 58.1 cm³/mol. The minimum atomic E-state index is 0.102. The van der Waals surface area contributed by atoms with Crippen molar-refractivity contribution in [2.45, 2.75) is 6.92 Å². The van der Waals surface area contributed by atoms with Crippen LogP contribution in [-0.4, -0.2) is 23.2 Å². The molecule has 0 saturated carbocycles. The van der Waals surface area contributed by atoms with Crippen LogP contribution in [0.5, 0.6) is 0 Å². The molecule has 0 aliphatic heterocycles. The summed E-state index contributed by atoms with van der Waals surface area (Å²) in [5.74, 6) is 0.617. The van der Waals surface area contributed by atoms with E-state index in [9.17, 15) is 0 Å². The first-order valence-electron chi connectivity index (χ1n) is 4.68. The summed E-state index contributed by atoms with van der Waals surface area (Å²) in [4.78, 5) is 4.02. The number of hydrogen-bond donors (Lipinski definition) is 3. The van der Waals surface area contributed by atoms with E-state index in [2.05, 4.69) is 10.3 Å². The molecule has 0 aromatic carbocycles. The number of nitriles is 1. The Balaban J connectivity index is 2.74. The van der Waals surface area contributed by atoms with Gasteiger partial charge in [-0.1, -0.05) is 6.92 Å². The highest BCUT2D eigenvalue weighted by Crippen LogP contribution is 2.18. The first kappa shape index (κ1) is 11.3. The molecule has 15 heavy (non-hydrogen) atoms. The van der Waals surface area contributed by atoms with Crippen LogP contribution >= 0.6 is 0 Å². The average molecular weight is 206 g/mol. The third-order valence-corrected chi connectivity index (χ3v) is 2.04.